The van der Waals surface area contributed by atoms with E-state index in [4.69, 9.17) is 39.5 Å². The van der Waals surface area contributed by atoms with Crippen molar-refractivity contribution in [3.05, 3.63) is 65.9 Å². The molecule has 3 aliphatic heterocycles. The van der Waals surface area contributed by atoms with E-state index in [0.717, 1.165) is 0 Å². The van der Waals surface area contributed by atoms with Crippen molar-refractivity contribution in [1.29, 1.82) is 0 Å². The Labute approximate surface area is 308 Å². The van der Waals surface area contributed by atoms with Crippen LogP contribution in [0.2, 0.25) is 0 Å². The van der Waals surface area contributed by atoms with Crippen LogP contribution >= 0.6 is 25.3 Å². The lowest BCUT2D eigenvalue weighted by atomic mass is 9.70. The molecule has 3 aliphatic rings. The molecule has 12 nitrogen and oxygen atoms in total. The van der Waals surface area contributed by atoms with Crippen molar-refractivity contribution >= 4 is 71.8 Å². The van der Waals surface area contributed by atoms with E-state index in [-0.39, 0.29) is 0 Å². The number of esters is 1. The first-order valence-corrected chi connectivity index (χ1v) is 17.6. The first-order valence-electron chi connectivity index (χ1n) is 16.7. The molecule has 0 unspecified atom stereocenters. The van der Waals surface area contributed by atoms with E-state index in [2.05, 4.69) is 0 Å². The number of aromatic nitrogens is 1. The zero-order chi connectivity index (χ0) is 37.8. The Morgan fingerprint density at radius 1 is 0.824 bits per heavy atom. The van der Waals surface area contributed by atoms with Gasteiger partial charge in [0.25, 0.3) is 11.8 Å². The second-order valence-corrected chi connectivity index (χ2v) is 17.0. The predicted molar refractivity (Wildman–Crippen MR) is 197 cm³/mol. The lowest BCUT2D eigenvalue weighted by Crippen LogP contribution is -2.76. The van der Waals surface area contributed by atoms with Crippen LogP contribution in [0.15, 0.2) is 54.7 Å². The number of amides is 3. The minimum absolute atomic E-state index is 0.354. The highest BCUT2D eigenvalue weighted by atomic mass is 32.1. The summed E-state index contributed by atoms with van der Waals surface area (Å²) in [5.74, 6) is -2.59. The zero-order valence-electron chi connectivity index (χ0n) is 30.4. The van der Waals surface area contributed by atoms with Gasteiger partial charge in [-0.15, -0.1) is 25.3 Å². The summed E-state index contributed by atoms with van der Waals surface area (Å²) in [6, 6.07) is 14.0. The van der Waals surface area contributed by atoms with Gasteiger partial charge < -0.3 is 19.1 Å². The van der Waals surface area contributed by atoms with Gasteiger partial charge in [0.1, 0.15) is 22.8 Å². The molecule has 6 rings (SSSR count). The molecule has 2 aromatic carbocycles. The number of ether oxygens (including phenoxy) is 3. The van der Waals surface area contributed by atoms with Crippen LogP contribution in [0.4, 0.5) is 15.3 Å². The first kappa shape index (κ1) is 36.6. The van der Waals surface area contributed by atoms with Gasteiger partial charge in [-0.05, 0) is 70.7 Å². The summed E-state index contributed by atoms with van der Waals surface area (Å²) in [5.41, 5.74) is -1.91. The maximum Gasteiger partial charge on any atom is 0.419 e. The predicted octanol–water partition coefficient (Wildman–Crippen LogP) is 5.95. The Kier molecular flexibility index (Phi) is 8.38. The average Bonchev–Trinajstić information content (AvgIpc) is 3.61. The Morgan fingerprint density at radius 2 is 1.39 bits per heavy atom. The van der Waals surface area contributed by atoms with E-state index in [1.807, 2.05) is 0 Å². The summed E-state index contributed by atoms with van der Waals surface area (Å²) >= 11 is 9.93. The average molecular weight is 737 g/mol. The summed E-state index contributed by atoms with van der Waals surface area (Å²) in [6.07, 6.45) is -2.88. The van der Waals surface area contributed by atoms with Gasteiger partial charge in [0, 0.05) is 25.6 Å². The second-order valence-electron chi connectivity index (χ2n) is 15.7. The van der Waals surface area contributed by atoms with Gasteiger partial charge in [0.2, 0.25) is 4.87 Å². The quantitative estimate of drug-likeness (QED) is 0.192. The van der Waals surface area contributed by atoms with Gasteiger partial charge in [-0.2, -0.15) is 0 Å². The number of fused-ring (bicyclic) bond motifs is 6. The Bertz CT molecular complexity index is 2000. The van der Waals surface area contributed by atoms with Gasteiger partial charge in [0.05, 0.1) is 11.2 Å². The van der Waals surface area contributed by atoms with Crippen LogP contribution in [0, 0.1) is 5.92 Å². The first-order chi connectivity index (χ1) is 23.5. The van der Waals surface area contributed by atoms with Gasteiger partial charge in [-0.1, -0.05) is 50.2 Å². The largest absolute Gasteiger partial charge is 0.457 e. The van der Waals surface area contributed by atoms with E-state index in [9.17, 15) is 19.2 Å². The lowest BCUT2D eigenvalue weighted by molar-refractivity contribution is -0.173. The molecule has 272 valence electrons. The molecule has 0 radical (unpaired) electrons. The number of thiol groups is 2. The third-order valence-corrected chi connectivity index (χ3v) is 11.4. The highest BCUT2D eigenvalue weighted by Gasteiger charge is 2.82. The van der Waals surface area contributed by atoms with E-state index in [0.29, 0.717) is 27.7 Å². The molecule has 0 N–H and O–H groups in total. The van der Waals surface area contributed by atoms with Crippen molar-refractivity contribution in [2.75, 3.05) is 11.9 Å². The molecule has 0 aliphatic carbocycles. The van der Waals surface area contributed by atoms with Crippen LogP contribution in [-0.4, -0.2) is 84.6 Å². The van der Waals surface area contributed by atoms with Crippen molar-refractivity contribution in [3.8, 4) is 0 Å². The molecule has 1 aromatic heterocycles. The molecule has 51 heavy (non-hydrogen) atoms. The summed E-state index contributed by atoms with van der Waals surface area (Å²) in [4.78, 5) is 71.8. The molecule has 2 saturated heterocycles. The number of para-hydroxylation sites is 2. The van der Waals surface area contributed by atoms with Gasteiger partial charge >= 0.3 is 18.2 Å². The summed E-state index contributed by atoms with van der Waals surface area (Å²) in [5, 5.41) is 0.525. The number of hydrogen-bond acceptors (Lipinski definition) is 10. The summed E-state index contributed by atoms with van der Waals surface area (Å²) in [7, 11) is 1.46. The third-order valence-electron chi connectivity index (χ3n) is 9.74. The Hall–Kier alpha value is -4.17. The van der Waals surface area contributed by atoms with Crippen molar-refractivity contribution in [3.63, 3.8) is 0 Å². The minimum atomic E-state index is -2.17. The molecule has 4 heterocycles. The van der Waals surface area contributed by atoms with Crippen LogP contribution in [0.1, 0.15) is 73.4 Å². The van der Waals surface area contributed by atoms with Gasteiger partial charge in [-0.25, -0.2) is 9.59 Å². The van der Waals surface area contributed by atoms with Crippen molar-refractivity contribution in [2.45, 2.75) is 101 Å². The lowest BCUT2D eigenvalue weighted by Gasteiger charge is -2.54. The number of rotatable bonds is 3. The fourth-order valence-corrected chi connectivity index (χ4v) is 8.62. The number of carbonyl (C=O) groups excluding carboxylic acids is 5. The SMILES string of the molecule is CC(=O)O[C@H]1[C@]2(c3cn(C(=O)OC(C)(C)C)c4ccccc34)c3ccccc3N(C(=O)OC(C)(C)C)[C@@H]2N2C(=O)[C@@](S)(C(C)C)N(C)C(=O)[C@]12S. The smallest absolute Gasteiger partial charge is 0.419 e. The van der Waals surface area contributed by atoms with Crippen molar-refractivity contribution in [1.82, 2.24) is 14.4 Å². The van der Waals surface area contributed by atoms with E-state index < -0.39 is 74.5 Å². The normalized spacial score (nSPS) is 27.4. The highest BCUT2D eigenvalue weighted by molar-refractivity contribution is 7.83. The number of hydrogen-bond donors (Lipinski definition) is 2. The fourth-order valence-electron chi connectivity index (χ4n) is 7.82. The second kappa shape index (κ2) is 11.7. The molecule has 3 amide bonds. The maximum atomic E-state index is 15.2. The zero-order valence-corrected chi connectivity index (χ0v) is 32.2. The van der Waals surface area contributed by atoms with Crippen LogP contribution in [-0.2, 0) is 34.0 Å². The van der Waals surface area contributed by atoms with Crippen molar-refractivity contribution < 1.29 is 38.2 Å². The van der Waals surface area contributed by atoms with E-state index >= 15 is 4.79 Å². The molecule has 2 fully saturated rings. The Balaban J connectivity index is 1.80. The molecule has 0 spiro atoms. The topological polar surface area (TPSA) is 128 Å². The highest BCUT2D eigenvalue weighted by Crippen LogP contribution is 2.65. The Morgan fingerprint density at radius 3 is 1.98 bits per heavy atom. The molecule has 0 saturated carbocycles. The monoisotopic (exact) mass is 736 g/mol. The molecule has 5 atom stereocenters. The number of carbonyl (C=O) groups is 5. The van der Waals surface area contributed by atoms with Crippen LogP contribution in [0.5, 0.6) is 0 Å². The number of benzene rings is 2. The number of anilines is 1. The van der Waals surface area contributed by atoms with Gasteiger partial charge in [-0.3, -0.25) is 28.8 Å². The number of piperazine rings is 1. The van der Waals surface area contributed by atoms with Crippen LogP contribution < -0.4 is 4.90 Å². The molecular formula is C37H44N4O8S2. The third kappa shape index (κ3) is 5.07. The van der Waals surface area contributed by atoms with E-state index in [1.165, 1.54) is 33.2 Å². The molecule has 0 bridgehead atoms. The van der Waals surface area contributed by atoms with Crippen LogP contribution in [0.3, 0.4) is 0 Å². The fraction of sp³-hybridized carbons (Fsp3) is 0.486. The standard InChI is InChI=1S/C37H44N4O8S2/c1-20(2)36(50)30(44)41-28-35(27(47-21(3)42)37(41,51)29(43)38(36)10,23-16-12-14-18-26(23)40(28)32(46)49-34(7,8)9)24-19-39(31(45)48-33(4,5)6)25-17-13-11-15-22(24)25/h11-20,27-28,50-51H,1-10H3/t27-,28+,35+,36-,37+/m0/s1. The van der Waals surface area contributed by atoms with Crippen molar-refractivity contribution in [2.24, 2.45) is 5.92 Å². The molecule has 3 aromatic rings. The number of nitrogens with zero attached hydrogens (tertiary/aromatic N) is 4. The number of likely N-dealkylation sites (N-methyl/N-ethyl adjacent to an activating group) is 1. The molecule has 14 heteroatoms. The summed E-state index contributed by atoms with van der Waals surface area (Å²) in [6.45, 7) is 15.1. The van der Waals surface area contributed by atoms with E-state index in [1.54, 1.807) is 110 Å². The summed E-state index contributed by atoms with van der Waals surface area (Å²) < 4.78 is 19.4. The minimum Gasteiger partial charge on any atom is -0.457 e. The maximum absolute atomic E-state index is 15.2. The van der Waals surface area contributed by atoms with Crippen LogP contribution in [0.25, 0.3) is 10.9 Å². The molecular weight excluding hydrogens is 693 g/mol. The van der Waals surface area contributed by atoms with Gasteiger partial charge in [0.15, 0.2) is 11.0 Å².